The number of tetrazole rings is 1. The van der Waals surface area contributed by atoms with E-state index in [4.69, 9.17) is 0 Å². The van der Waals surface area contributed by atoms with Gasteiger partial charge in [-0.15, -0.1) is 17.7 Å². The smallest absolute Gasteiger partial charge is 0.307 e. The van der Waals surface area contributed by atoms with Crippen molar-refractivity contribution in [2.24, 2.45) is 0 Å². The summed E-state index contributed by atoms with van der Waals surface area (Å²) in [6.07, 6.45) is 0. The lowest BCUT2D eigenvalue weighted by Gasteiger charge is -2.18. The molecule has 7 nitrogen and oxygen atoms in total. The van der Waals surface area contributed by atoms with E-state index in [1.807, 2.05) is 42.5 Å². The van der Waals surface area contributed by atoms with E-state index in [9.17, 15) is 4.79 Å². The van der Waals surface area contributed by atoms with Crippen molar-refractivity contribution in [2.45, 2.75) is 5.16 Å². The molecule has 2 amide bonds. The second-order valence-corrected chi connectivity index (χ2v) is 5.17. The first kappa shape index (κ1) is 15.0. The fourth-order valence-electron chi connectivity index (χ4n) is 2.04. The number of para-hydroxylation sites is 1. The summed E-state index contributed by atoms with van der Waals surface area (Å²) in [4.78, 5) is 13.9. The average molecular weight is 326 g/mol. The van der Waals surface area contributed by atoms with Gasteiger partial charge in [0.1, 0.15) is 0 Å². The molecule has 0 aliphatic rings. The SMILES string of the molecule is CN(C(=O)Nc1cccc(-n2nnnc2S)c1)c1ccccc1. The molecule has 1 N–H and O–H groups in total. The highest BCUT2D eigenvalue weighted by Gasteiger charge is 2.11. The van der Waals surface area contributed by atoms with Crippen LogP contribution in [0.15, 0.2) is 59.8 Å². The maximum absolute atomic E-state index is 12.3. The van der Waals surface area contributed by atoms with Crippen molar-refractivity contribution < 1.29 is 4.79 Å². The third kappa shape index (κ3) is 3.32. The van der Waals surface area contributed by atoms with Gasteiger partial charge in [-0.25, -0.2) is 4.79 Å². The molecule has 3 aromatic rings. The zero-order valence-electron chi connectivity index (χ0n) is 12.3. The van der Waals surface area contributed by atoms with Crippen LogP contribution in [0.5, 0.6) is 0 Å². The normalized spacial score (nSPS) is 10.3. The summed E-state index contributed by atoms with van der Waals surface area (Å²) in [5.41, 5.74) is 2.15. The average Bonchev–Trinajstić information content (AvgIpc) is 3.01. The largest absolute Gasteiger partial charge is 0.326 e. The van der Waals surface area contributed by atoms with Gasteiger partial charge in [-0.05, 0) is 40.8 Å². The predicted octanol–water partition coefficient (Wildman–Crippen LogP) is 2.62. The van der Waals surface area contributed by atoms with Crippen molar-refractivity contribution in [3.05, 3.63) is 54.6 Å². The van der Waals surface area contributed by atoms with Crippen molar-refractivity contribution >= 4 is 30.0 Å². The third-order valence-electron chi connectivity index (χ3n) is 3.24. The predicted molar refractivity (Wildman–Crippen MR) is 90.3 cm³/mol. The number of amides is 2. The van der Waals surface area contributed by atoms with Crippen molar-refractivity contribution in [2.75, 3.05) is 17.3 Å². The molecule has 1 heterocycles. The number of thiol groups is 1. The Morgan fingerprint density at radius 2 is 1.96 bits per heavy atom. The van der Waals surface area contributed by atoms with Gasteiger partial charge >= 0.3 is 6.03 Å². The lowest BCUT2D eigenvalue weighted by molar-refractivity contribution is 0.258. The number of benzene rings is 2. The number of aromatic nitrogens is 4. The molecule has 2 aromatic carbocycles. The number of nitrogens with one attached hydrogen (secondary N) is 1. The number of nitrogens with zero attached hydrogens (tertiary/aromatic N) is 5. The van der Waals surface area contributed by atoms with E-state index in [0.29, 0.717) is 16.5 Å². The molecular weight excluding hydrogens is 312 g/mol. The molecule has 0 spiro atoms. The van der Waals surface area contributed by atoms with Gasteiger partial charge < -0.3 is 5.32 Å². The highest BCUT2D eigenvalue weighted by molar-refractivity contribution is 7.80. The zero-order valence-corrected chi connectivity index (χ0v) is 13.2. The second kappa shape index (κ2) is 6.49. The number of carbonyl (C=O) groups excluding carboxylic acids is 1. The first-order valence-corrected chi connectivity index (χ1v) is 7.27. The van der Waals surface area contributed by atoms with Crippen molar-refractivity contribution in [3.8, 4) is 5.69 Å². The van der Waals surface area contributed by atoms with Crippen LogP contribution in [0.3, 0.4) is 0 Å². The van der Waals surface area contributed by atoms with Crippen molar-refractivity contribution in [3.63, 3.8) is 0 Å². The first-order valence-electron chi connectivity index (χ1n) is 6.83. The molecule has 0 bridgehead atoms. The lowest BCUT2D eigenvalue weighted by atomic mass is 10.2. The number of rotatable bonds is 3. The highest BCUT2D eigenvalue weighted by atomic mass is 32.1. The van der Waals surface area contributed by atoms with Crippen LogP contribution >= 0.6 is 12.6 Å². The van der Waals surface area contributed by atoms with E-state index in [2.05, 4.69) is 33.5 Å². The Kier molecular flexibility index (Phi) is 4.24. The summed E-state index contributed by atoms with van der Waals surface area (Å²) in [7, 11) is 1.71. The van der Waals surface area contributed by atoms with Gasteiger partial charge in [0.25, 0.3) is 0 Å². The van der Waals surface area contributed by atoms with Crippen LogP contribution in [-0.4, -0.2) is 33.3 Å². The maximum atomic E-state index is 12.3. The minimum Gasteiger partial charge on any atom is -0.307 e. The molecule has 8 heteroatoms. The molecule has 0 aliphatic heterocycles. The molecule has 116 valence electrons. The van der Waals surface area contributed by atoms with Crippen molar-refractivity contribution in [1.29, 1.82) is 0 Å². The van der Waals surface area contributed by atoms with E-state index >= 15 is 0 Å². The number of hydrogen-bond acceptors (Lipinski definition) is 5. The minimum absolute atomic E-state index is 0.240. The number of carbonyl (C=O) groups is 1. The van der Waals surface area contributed by atoms with Gasteiger partial charge in [-0.2, -0.15) is 4.68 Å². The Hall–Kier alpha value is -2.87. The van der Waals surface area contributed by atoms with Crippen LogP contribution < -0.4 is 10.2 Å². The van der Waals surface area contributed by atoms with Crippen LogP contribution in [0.4, 0.5) is 16.2 Å². The van der Waals surface area contributed by atoms with E-state index in [-0.39, 0.29) is 6.03 Å². The lowest BCUT2D eigenvalue weighted by Crippen LogP contribution is -2.31. The molecule has 1 aromatic heterocycles. The van der Waals surface area contributed by atoms with Crippen LogP contribution in [0, 0.1) is 0 Å². The quantitative estimate of drug-likeness (QED) is 0.726. The summed E-state index contributed by atoms with van der Waals surface area (Å²) in [6.45, 7) is 0. The molecule has 0 atom stereocenters. The van der Waals surface area contributed by atoms with E-state index < -0.39 is 0 Å². The summed E-state index contributed by atoms with van der Waals surface area (Å²) in [5, 5.41) is 14.3. The van der Waals surface area contributed by atoms with Gasteiger partial charge in [-0.1, -0.05) is 24.3 Å². The molecule has 0 fully saturated rings. The fraction of sp³-hybridized carbons (Fsp3) is 0.0667. The second-order valence-electron chi connectivity index (χ2n) is 4.77. The molecular formula is C15H14N6OS. The molecule has 0 aliphatic carbocycles. The van der Waals surface area contributed by atoms with Crippen molar-refractivity contribution in [1.82, 2.24) is 20.2 Å². The van der Waals surface area contributed by atoms with E-state index in [0.717, 1.165) is 5.69 Å². The Morgan fingerprint density at radius 3 is 2.65 bits per heavy atom. The monoisotopic (exact) mass is 326 g/mol. The standard InChI is InChI=1S/C15H14N6OS/c1-20(12-7-3-2-4-8-12)14(22)16-11-6-5-9-13(10-11)21-15(23)17-18-19-21/h2-10H,1H3,(H,16,22)(H,17,19,23). The van der Waals surface area contributed by atoms with Crippen LogP contribution in [0.1, 0.15) is 0 Å². The summed E-state index contributed by atoms with van der Waals surface area (Å²) in [6, 6.07) is 16.4. The minimum atomic E-state index is -0.240. The summed E-state index contributed by atoms with van der Waals surface area (Å²) >= 11 is 4.18. The number of anilines is 2. The van der Waals surface area contributed by atoms with Gasteiger partial charge in [-0.3, -0.25) is 4.90 Å². The van der Waals surface area contributed by atoms with Crippen LogP contribution in [0.25, 0.3) is 5.69 Å². The highest BCUT2D eigenvalue weighted by Crippen LogP contribution is 2.18. The van der Waals surface area contributed by atoms with Crippen LogP contribution in [0.2, 0.25) is 0 Å². The molecule has 0 radical (unpaired) electrons. The third-order valence-corrected chi connectivity index (χ3v) is 3.52. The first-order chi connectivity index (χ1) is 11.1. The van der Waals surface area contributed by atoms with E-state index in [1.54, 1.807) is 19.2 Å². The Morgan fingerprint density at radius 1 is 1.17 bits per heavy atom. The molecule has 0 saturated heterocycles. The fourth-order valence-corrected chi connectivity index (χ4v) is 2.24. The molecule has 0 unspecified atom stereocenters. The van der Waals surface area contributed by atoms with Crippen LogP contribution in [-0.2, 0) is 0 Å². The Balaban J connectivity index is 1.78. The van der Waals surface area contributed by atoms with Gasteiger partial charge in [0.2, 0.25) is 5.16 Å². The Bertz CT molecular complexity index is 820. The summed E-state index contributed by atoms with van der Waals surface area (Å²) in [5.74, 6) is 0. The Labute approximate surface area is 138 Å². The van der Waals surface area contributed by atoms with Gasteiger partial charge in [0.05, 0.1) is 5.69 Å². The van der Waals surface area contributed by atoms with Gasteiger partial charge in [0.15, 0.2) is 0 Å². The molecule has 0 saturated carbocycles. The summed E-state index contributed by atoms with van der Waals surface area (Å²) < 4.78 is 1.47. The maximum Gasteiger partial charge on any atom is 0.326 e. The number of hydrogen-bond donors (Lipinski definition) is 2. The topological polar surface area (TPSA) is 75.9 Å². The zero-order chi connectivity index (χ0) is 16.2. The molecule has 23 heavy (non-hydrogen) atoms. The van der Waals surface area contributed by atoms with Gasteiger partial charge in [0, 0.05) is 18.4 Å². The van der Waals surface area contributed by atoms with E-state index in [1.165, 1.54) is 9.58 Å². The molecule has 3 rings (SSSR count). The number of urea groups is 1.